The number of primary amides is 1. The van der Waals surface area contributed by atoms with Crippen LogP contribution < -0.4 is 5.73 Å². The second kappa shape index (κ2) is 15.4. The lowest BCUT2D eigenvalue weighted by molar-refractivity contribution is -0.113. The van der Waals surface area contributed by atoms with E-state index in [4.69, 9.17) is 15.2 Å². The fraction of sp³-hybridized carbons (Fsp3) is 0.270. The molecule has 0 aliphatic carbocycles. The average molecular weight is 655 g/mol. The molecule has 7 heteroatoms. The molecule has 0 spiro atoms. The van der Waals surface area contributed by atoms with E-state index in [1.54, 1.807) is 6.08 Å². The predicted molar refractivity (Wildman–Crippen MR) is 180 cm³/mol. The van der Waals surface area contributed by atoms with Crippen LogP contribution in [-0.2, 0) is 27.4 Å². The van der Waals surface area contributed by atoms with Gasteiger partial charge in [0.15, 0.2) is 0 Å². The second-order valence-corrected chi connectivity index (χ2v) is 12.3. The van der Waals surface area contributed by atoms with Crippen LogP contribution >= 0.6 is 15.9 Å². The first-order valence-corrected chi connectivity index (χ1v) is 15.8. The van der Waals surface area contributed by atoms with E-state index in [1.807, 2.05) is 30.3 Å². The summed E-state index contributed by atoms with van der Waals surface area (Å²) in [6, 6.07) is 33.4. The lowest BCUT2D eigenvalue weighted by Crippen LogP contribution is -2.27. The van der Waals surface area contributed by atoms with Crippen molar-refractivity contribution < 1.29 is 14.3 Å². The number of halogens is 1. The SMILES string of the molecule is CN1CCOC(c2ccccc2)c2cc(/C=C/C(N)=O)ccc2C1.CN1CCOC(c2ccccc2)c2cc(Br)ccc2C1. The van der Waals surface area contributed by atoms with Gasteiger partial charge >= 0.3 is 0 Å². The Bertz CT molecular complexity index is 1560. The van der Waals surface area contributed by atoms with Gasteiger partial charge in [-0.25, -0.2) is 0 Å². The van der Waals surface area contributed by atoms with Gasteiger partial charge in [-0.3, -0.25) is 14.6 Å². The summed E-state index contributed by atoms with van der Waals surface area (Å²) >= 11 is 3.58. The zero-order valence-corrected chi connectivity index (χ0v) is 27.0. The third-order valence-electron chi connectivity index (χ3n) is 7.88. The number of likely N-dealkylation sites (N-methyl/N-ethyl adjacent to an activating group) is 2. The summed E-state index contributed by atoms with van der Waals surface area (Å²) in [4.78, 5) is 15.5. The smallest absolute Gasteiger partial charge is 0.241 e. The van der Waals surface area contributed by atoms with Crippen LogP contribution in [0.15, 0.2) is 108 Å². The number of carbonyl (C=O) groups excluding carboxylic acids is 1. The molecular formula is C37H40BrN3O3. The number of benzene rings is 4. The molecule has 2 unspecified atom stereocenters. The lowest BCUT2D eigenvalue weighted by atomic mass is 9.93. The summed E-state index contributed by atoms with van der Waals surface area (Å²) in [5.74, 6) is -0.447. The number of nitrogens with zero attached hydrogens (tertiary/aromatic N) is 2. The molecular weight excluding hydrogens is 614 g/mol. The third kappa shape index (κ3) is 8.52. The van der Waals surface area contributed by atoms with Gasteiger partial charge < -0.3 is 15.2 Å². The van der Waals surface area contributed by atoms with E-state index >= 15 is 0 Å². The standard InChI is InChI=1S/C20H22N2O2.C17H18BrNO/c1-22-11-12-24-20(16-5-3-2-4-6-16)18-13-15(8-10-19(21)23)7-9-17(18)14-22;1-19-9-10-20-17(13-5-3-2-4-6-13)16-11-15(18)8-7-14(16)12-19/h2-10,13,20H,11-12,14H2,1H3,(H2,21,23);2-8,11,17H,9-10,12H2,1H3/b10-8+;. The van der Waals surface area contributed by atoms with Gasteiger partial charge in [-0.2, -0.15) is 0 Å². The Morgan fingerprint density at radius 1 is 0.750 bits per heavy atom. The van der Waals surface area contributed by atoms with Crippen LogP contribution in [0, 0.1) is 0 Å². The summed E-state index contributed by atoms with van der Waals surface area (Å²) in [7, 11) is 4.23. The number of rotatable bonds is 4. The summed E-state index contributed by atoms with van der Waals surface area (Å²) in [5.41, 5.74) is 13.5. The fourth-order valence-corrected chi connectivity index (χ4v) is 6.00. The Morgan fingerprint density at radius 3 is 1.77 bits per heavy atom. The first kappa shape index (κ1) is 31.8. The molecule has 1 amide bonds. The normalized spacial score (nSPS) is 19.3. The van der Waals surface area contributed by atoms with E-state index in [2.05, 4.69) is 107 Å². The summed E-state index contributed by atoms with van der Waals surface area (Å²) in [6.45, 7) is 5.13. The Labute approximate surface area is 269 Å². The molecule has 0 saturated heterocycles. The highest BCUT2D eigenvalue weighted by molar-refractivity contribution is 9.10. The predicted octanol–water partition coefficient (Wildman–Crippen LogP) is 6.74. The molecule has 6 rings (SSSR count). The van der Waals surface area contributed by atoms with Crippen molar-refractivity contribution in [2.75, 3.05) is 40.4 Å². The molecule has 2 aliphatic rings. The van der Waals surface area contributed by atoms with E-state index < -0.39 is 5.91 Å². The Balaban J connectivity index is 0.000000177. The zero-order valence-electron chi connectivity index (χ0n) is 25.4. The van der Waals surface area contributed by atoms with Gasteiger partial charge in [0.1, 0.15) is 12.2 Å². The van der Waals surface area contributed by atoms with Gasteiger partial charge in [0.05, 0.1) is 13.2 Å². The Morgan fingerprint density at radius 2 is 1.25 bits per heavy atom. The van der Waals surface area contributed by atoms with Crippen LogP contribution in [-0.4, -0.2) is 56.1 Å². The van der Waals surface area contributed by atoms with Crippen molar-refractivity contribution in [3.05, 3.63) is 147 Å². The summed E-state index contributed by atoms with van der Waals surface area (Å²) in [5, 5.41) is 0. The third-order valence-corrected chi connectivity index (χ3v) is 8.38. The minimum atomic E-state index is -0.447. The minimum absolute atomic E-state index is 0.0254. The van der Waals surface area contributed by atoms with E-state index in [9.17, 15) is 4.79 Å². The van der Waals surface area contributed by atoms with E-state index in [1.165, 1.54) is 28.3 Å². The molecule has 0 saturated carbocycles. The van der Waals surface area contributed by atoms with Crippen LogP contribution in [0.2, 0.25) is 0 Å². The number of ether oxygens (including phenoxy) is 2. The number of hydrogen-bond acceptors (Lipinski definition) is 5. The molecule has 2 heterocycles. The van der Waals surface area contributed by atoms with Gasteiger partial charge in [-0.05, 0) is 77.3 Å². The molecule has 2 aliphatic heterocycles. The van der Waals surface area contributed by atoms with Crippen molar-refractivity contribution >= 4 is 27.9 Å². The highest BCUT2D eigenvalue weighted by Gasteiger charge is 2.23. The van der Waals surface area contributed by atoms with Gasteiger partial charge in [-0.1, -0.05) is 94.8 Å². The molecule has 4 aromatic carbocycles. The Hall–Kier alpha value is -3.59. The van der Waals surface area contributed by atoms with Crippen LogP contribution in [0.1, 0.15) is 51.2 Å². The van der Waals surface area contributed by atoms with Crippen molar-refractivity contribution in [2.24, 2.45) is 5.73 Å². The average Bonchev–Trinajstić information content (AvgIpc) is 3.01. The maximum atomic E-state index is 11.0. The number of fused-ring (bicyclic) bond motifs is 2. The minimum Gasteiger partial charge on any atom is -0.367 e. The molecule has 2 atom stereocenters. The van der Waals surface area contributed by atoms with Crippen LogP contribution in [0.4, 0.5) is 0 Å². The molecule has 6 nitrogen and oxygen atoms in total. The van der Waals surface area contributed by atoms with Crippen LogP contribution in [0.3, 0.4) is 0 Å². The highest BCUT2D eigenvalue weighted by atomic mass is 79.9. The number of amides is 1. The largest absolute Gasteiger partial charge is 0.367 e. The van der Waals surface area contributed by atoms with Crippen LogP contribution in [0.5, 0.6) is 0 Å². The van der Waals surface area contributed by atoms with Crippen LogP contribution in [0.25, 0.3) is 6.08 Å². The monoisotopic (exact) mass is 653 g/mol. The van der Waals surface area contributed by atoms with Crippen molar-refractivity contribution in [3.63, 3.8) is 0 Å². The number of carbonyl (C=O) groups is 1. The first-order valence-electron chi connectivity index (χ1n) is 15.0. The summed E-state index contributed by atoms with van der Waals surface area (Å²) < 4.78 is 13.4. The maximum Gasteiger partial charge on any atom is 0.241 e. The maximum absolute atomic E-state index is 11.0. The van der Waals surface area contributed by atoms with Gasteiger partial charge in [0.25, 0.3) is 0 Å². The number of hydrogen-bond donors (Lipinski definition) is 1. The number of nitrogens with two attached hydrogens (primary N) is 1. The molecule has 0 fully saturated rings. The van der Waals surface area contributed by atoms with Gasteiger partial charge in [0.2, 0.25) is 5.91 Å². The molecule has 0 radical (unpaired) electrons. The highest BCUT2D eigenvalue weighted by Crippen LogP contribution is 2.33. The summed E-state index contributed by atoms with van der Waals surface area (Å²) in [6.07, 6.45) is 3.05. The lowest BCUT2D eigenvalue weighted by Gasteiger charge is -2.28. The first-order chi connectivity index (χ1) is 21.4. The second-order valence-electron chi connectivity index (χ2n) is 11.3. The van der Waals surface area contributed by atoms with E-state index in [-0.39, 0.29) is 12.2 Å². The zero-order chi connectivity index (χ0) is 30.9. The van der Waals surface area contributed by atoms with Crippen molar-refractivity contribution in [2.45, 2.75) is 25.3 Å². The van der Waals surface area contributed by atoms with Gasteiger partial charge in [-0.15, -0.1) is 0 Å². The molecule has 228 valence electrons. The van der Waals surface area contributed by atoms with Crippen molar-refractivity contribution in [3.8, 4) is 0 Å². The topological polar surface area (TPSA) is 68.0 Å². The molecule has 44 heavy (non-hydrogen) atoms. The fourth-order valence-electron chi connectivity index (χ4n) is 5.62. The Kier molecular flexibility index (Phi) is 11.2. The molecule has 4 aromatic rings. The van der Waals surface area contributed by atoms with Crippen molar-refractivity contribution in [1.82, 2.24) is 9.80 Å². The van der Waals surface area contributed by atoms with Gasteiger partial charge in [0, 0.05) is 36.7 Å². The van der Waals surface area contributed by atoms with E-state index in [0.717, 1.165) is 53.9 Å². The quantitative estimate of drug-likeness (QED) is 0.247. The molecule has 0 bridgehead atoms. The molecule has 0 aromatic heterocycles. The van der Waals surface area contributed by atoms with E-state index in [0.29, 0.717) is 6.61 Å². The van der Waals surface area contributed by atoms with Crippen molar-refractivity contribution in [1.29, 1.82) is 0 Å². The molecule has 2 N–H and O–H groups in total.